The van der Waals surface area contributed by atoms with Crippen LogP contribution in [0.3, 0.4) is 0 Å². The Morgan fingerprint density at radius 2 is 2.00 bits per heavy atom. The van der Waals surface area contributed by atoms with E-state index in [1.165, 1.54) is 11.8 Å². The summed E-state index contributed by atoms with van der Waals surface area (Å²) in [7, 11) is 0. The molecule has 0 radical (unpaired) electrons. The third kappa shape index (κ3) is 2.61. The van der Waals surface area contributed by atoms with E-state index in [0.717, 1.165) is 9.92 Å². The van der Waals surface area contributed by atoms with Gasteiger partial charge in [-0.15, -0.1) is 0 Å². The van der Waals surface area contributed by atoms with Gasteiger partial charge in [0.25, 0.3) is 0 Å². The van der Waals surface area contributed by atoms with Crippen LogP contribution in [0.25, 0.3) is 0 Å². The van der Waals surface area contributed by atoms with Crippen LogP contribution in [0.15, 0.2) is 46.7 Å². The molecule has 0 aliphatic heterocycles. The zero-order valence-electron chi connectivity index (χ0n) is 7.72. The van der Waals surface area contributed by atoms with Gasteiger partial charge in [-0.1, -0.05) is 23.4 Å². The minimum Gasteiger partial charge on any atom is -0.396 e. The Balaban J connectivity index is 2.25. The highest BCUT2D eigenvalue weighted by Crippen LogP contribution is 2.30. The van der Waals surface area contributed by atoms with E-state index in [0.29, 0.717) is 10.7 Å². The van der Waals surface area contributed by atoms with E-state index in [1.807, 2.05) is 12.1 Å². The molecule has 3 nitrogen and oxygen atoms in total. The fourth-order valence-electron chi connectivity index (χ4n) is 1.05. The molecule has 0 aromatic carbocycles. The molecule has 0 fully saturated rings. The lowest BCUT2D eigenvalue weighted by molar-refractivity contribution is 1.14. The molecule has 2 aromatic rings. The maximum absolute atomic E-state index is 5.79. The van der Waals surface area contributed by atoms with Crippen molar-refractivity contribution in [2.75, 3.05) is 5.73 Å². The van der Waals surface area contributed by atoms with E-state index in [2.05, 4.69) is 9.97 Å². The Labute approximate surface area is 96.7 Å². The molecule has 2 heterocycles. The summed E-state index contributed by atoms with van der Waals surface area (Å²) in [6, 6.07) is 5.50. The number of rotatable bonds is 2. The first-order chi connectivity index (χ1) is 7.25. The fraction of sp³-hybridized carbons (Fsp3) is 0. The van der Waals surface area contributed by atoms with Gasteiger partial charge in [0, 0.05) is 23.5 Å². The fourth-order valence-corrected chi connectivity index (χ4v) is 1.98. The first-order valence-electron chi connectivity index (χ1n) is 4.24. The van der Waals surface area contributed by atoms with Crippen molar-refractivity contribution < 1.29 is 0 Å². The molecule has 0 bridgehead atoms. The maximum atomic E-state index is 5.79. The molecular formula is C10H8ClN3S. The van der Waals surface area contributed by atoms with E-state index in [9.17, 15) is 0 Å². The third-order valence-corrected chi connectivity index (χ3v) is 2.96. The lowest BCUT2D eigenvalue weighted by atomic mass is 10.4. The summed E-state index contributed by atoms with van der Waals surface area (Å²) in [5, 5.41) is 1.30. The minimum atomic E-state index is 0.548. The number of hydrogen-bond acceptors (Lipinski definition) is 4. The van der Waals surface area contributed by atoms with Crippen molar-refractivity contribution in [3.8, 4) is 0 Å². The summed E-state index contributed by atoms with van der Waals surface area (Å²) in [6.45, 7) is 0. The van der Waals surface area contributed by atoms with Crippen molar-refractivity contribution >= 4 is 29.1 Å². The SMILES string of the molecule is Nc1cc(Cl)cnc1Sc1ccncc1. The zero-order valence-corrected chi connectivity index (χ0v) is 9.29. The Hall–Kier alpha value is -1.26. The number of hydrogen-bond donors (Lipinski definition) is 1. The maximum Gasteiger partial charge on any atom is 0.124 e. The largest absolute Gasteiger partial charge is 0.396 e. The number of nitrogen functional groups attached to an aromatic ring is 1. The van der Waals surface area contributed by atoms with Gasteiger partial charge in [-0.2, -0.15) is 0 Å². The second kappa shape index (κ2) is 4.51. The van der Waals surface area contributed by atoms with Crippen LogP contribution in [0.5, 0.6) is 0 Å². The van der Waals surface area contributed by atoms with Crippen LogP contribution >= 0.6 is 23.4 Å². The van der Waals surface area contributed by atoms with Crippen LogP contribution in [0, 0.1) is 0 Å². The predicted octanol–water partition coefficient (Wildman–Crippen LogP) is 2.86. The van der Waals surface area contributed by atoms with Gasteiger partial charge in [0.15, 0.2) is 0 Å². The van der Waals surface area contributed by atoms with E-state index in [-0.39, 0.29) is 0 Å². The van der Waals surface area contributed by atoms with Crippen molar-refractivity contribution in [3.05, 3.63) is 41.8 Å². The van der Waals surface area contributed by atoms with Crippen LogP contribution < -0.4 is 5.73 Å². The molecule has 0 saturated carbocycles. The van der Waals surface area contributed by atoms with Crippen LogP contribution in [-0.4, -0.2) is 9.97 Å². The number of anilines is 1. The van der Waals surface area contributed by atoms with Gasteiger partial charge in [0.2, 0.25) is 0 Å². The topological polar surface area (TPSA) is 51.8 Å². The Morgan fingerprint density at radius 1 is 1.27 bits per heavy atom. The summed E-state index contributed by atoms with van der Waals surface area (Å²) in [4.78, 5) is 9.14. The Kier molecular flexibility index (Phi) is 3.08. The predicted molar refractivity (Wildman–Crippen MR) is 62.0 cm³/mol. The average molecular weight is 238 g/mol. The van der Waals surface area contributed by atoms with E-state index < -0.39 is 0 Å². The van der Waals surface area contributed by atoms with Crippen molar-refractivity contribution in [3.63, 3.8) is 0 Å². The lowest BCUT2D eigenvalue weighted by Crippen LogP contribution is -1.91. The van der Waals surface area contributed by atoms with Crippen LogP contribution in [0.4, 0.5) is 5.69 Å². The van der Waals surface area contributed by atoms with Crippen molar-refractivity contribution in [1.29, 1.82) is 0 Å². The quantitative estimate of drug-likeness (QED) is 0.873. The van der Waals surface area contributed by atoms with Gasteiger partial charge >= 0.3 is 0 Å². The number of halogens is 1. The molecular weight excluding hydrogens is 230 g/mol. The molecule has 76 valence electrons. The highest BCUT2D eigenvalue weighted by Gasteiger charge is 2.03. The second-order valence-electron chi connectivity index (χ2n) is 2.83. The van der Waals surface area contributed by atoms with Crippen molar-refractivity contribution in [1.82, 2.24) is 9.97 Å². The standard InChI is InChI=1S/C10H8ClN3S/c11-7-5-9(12)10(14-6-7)15-8-1-3-13-4-2-8/h1-6H,12H2. The Bertz CT molecular complexity index is 461. The van der Waals surface area contributed by atoms with Crippen LogP contribution in [0.1, 0.15) is 0 Å². The highest BCUT2D eigenvalue weighted by atomic mass is 35.5. The normalized spacial score (nSPS) is 10.2. The number of nitrogens with two attached hydrogens (primary N) is 1. The van der Waals surface area contributed by atoms with Gasteiger partial charge in [0.1, 0.15) is 5.03 Å². The van der Waals surface area contributed by atoms with Crippen LogP contribution in [-0.2, 0) is 0 Å². The Morgan fingerprint density at radius 3 is 2.67 bits per heavy atom. The summed E-state index contributed by atoms with van der Waals surface area (Å²) < 4.78 is 0. The molecule has 15 heavy (non-hydrogen) atoms. The molecule has 0 amide bonds. The van der Waals surface area contributed by atoms with Crippen molar-refractivity contribution in [2.45, 2.75) is 9.92 Å². The third-order valence-electron chi connectivity index (χ3n) is 1.71. The van der Waals surface area contributed by atoms with E-state index in [1.54, 1.807) is 24.7 Å². The molecule has 2 aromatic heterocycles. The summed E-state index contributed by atoms with van der Waals surface area (Å²) in [5.41, 5.74) is 6.37. The lowest BCUT2D eigenvalue weighted by Gasteiger charge is -2.03. The monoisotopic (exact) mass is 237 g/mol. The van der Waals surface area contributed by atoms with Crippen molar-refractivity contribution in [2.24, 2.45) is 0 Å². The molecule has 0 atom stereocenters. The minimum absolute atomic E-state index is 0.548. The first kappa shape index (κ1) is 10.3. The molecule has 0 unspecified atom stereocenters. The molecule has 0 aliphatic carbocycles. The van der Waals surface area contributed by atoms with Gasteiger partial charge in [0.05, 0.1) is 10.7 Å². The second-order valence-corrected chi connectivity index (χ2v) is 4.33. The number of pyridine rings is 2. The first-order valence-corrected chi connectivity index (χ1v) is 5.44. The smallest absolute Gasteiger partial charge is 0.124 e. The molecule has 0 saturated heterocycles. The van der Waals surface area contributed by atoms with Gasteiger partial charge in [-0.05, 0) is 18.2 Å². The molecule has 0 spiro atoms. The molecule has 0 aliphatic rings. The van der Waals surface area contributed by atoms with Gasteiger partial charge in [-0.25, -0.2) is 4.98 Å². The summed E-state index contributed by atoms with van der Waals surface area (Å²) in [6.07, 6.45) is 5.05. The van der Waals surface area contributed by atoms with Crippen LogP contribution in [0.2, 0.25) is 5.02 Å². The highest BCUT2D eigenvalue weighted by molar-refractivity contribution is 7.99. The number of aromatic nitrogens is 2. The number of nitrogens with zero attached hydrogens (tertiary/aromatic N) is 2. The zero-order chi connectivity index (χ0) is 10.7. The van der Waals surface area contributed by atoms with Gasteiger partial charge < -0.3 is 5.73 Å². The van der Waals surface area contributed by atoms with Gasteiger partial charge in [-0.3, -0.25) is 4.98 Å². The average Bonchev–Trinajstić information content (AvgIpc) is 2.24. The molecule has 2 N–H and O–H groups in total. The molecule has 5 heteroatoms. The summed E-state index contributed by atoms with van der Waals surface area (Å²) in [5.74, 6) is 0. The van der Waals surface area contributed by atoms with E-state index in [4.69, 9.17) is 17.3 Å². The molecule has 2 rings (SSSR count). The summed E-state index contributed by atoms with van der Waals surface area (Å²) >= 11 is 7.25. The van der Waals surface area contributed by atoms with E-state index >= 15 is 0 Å².